The molecule has 4 nitrogen and oxygen atoms in total. The first-order valence-electron chi connectivity index (χ1n) is 20.1. The highest BCUT2D eigenvalue weighted by Gasteiger charge is 2.19. The predicted molar refractivity (Wildman–Crippen MR) is 250 cm³/mol. The summed E-state index contributed by atoms with van der Waals surface area (Å²) in [4.78, 5) is 14.8. The van der Waals surface area contributed by atoms with Crippen LogP contribution in [0.1, 0.15) is 0 Å². The molecule has 0 aliphatic rings. The van der Waals surface area contributed by atoms with Crippen molar-refractivity contribution in [3.05, 3.63) is 200 Å². The van der Waals surface area contributed by atoms with Crippen molar-refractivity contribution in [2.24, 2.45) is 0 Å². The van der Waals surface area contributed by atoms with Crippen LogP contribution < -0.4 is 0 Å². The van der Waals surface area contributed by atoms with Crippen molar-refractivity contribution in [2.75, 3.05) is 0 Å². The molecular weight excluding hydrogens is 751 g/mol. The number of aromatic nitrogens is 3. The first kappa shape index (κ1) is 34.3. The minimum atomic E-state index is 0.678. The van der Waals surface area contributed by atoms with Crippen LogP contribution >= 0.6 is 11.3 Å². The average Bonchev–Trinajstić information content (AvgIpc) is 3.90. The Hall–Kier alpha value is -7.73. The van der Waals surface area contributed by atoms with Crippen molar-refractivity contribution in [3.63, 3.8) is 0 Å². The van der Waals surface area contributed by atoms with Gasteiger partial charge in [-0.05, 0) is 70.3 Å². The number of pyridine rings is 1. The maximum absolute atomic E-state index is 6.71. The Morgan fingerprint density at radius 2 is 0.983 bits per heavy atom. The molecule has 0 aliphatic carbocycles. The van der Waals surface area contributed by atoms with Crippen molar-refractivity contribution in [1.82, 2.24) is 15.0 Å². The lowest BCUT2D eigenvalue weighted by Crippen LogP contribution is -1.96. The van der Waals surface area contributed by atoms with Gasteiger partial charge in [-0.3, -0.25) is 4.98 Å². The third kappa shape index (κ3) is 5.78. The summed E-state index contributed by atoms with van der Waals surface area (Å²) in [5.74, 6) is 0.678. The SMILES string of the molecule is c1ccc(-c2cc(-c3ccc(-c4ccc(-c5ccc6c(c5)sc5ccccc56)c5oc6ccccc6c45)cc3)nc(-c3ccc(-c4ccnc5ccccc45)cc3)n2)cc1. The zero-order valence-electron chi connectivity index (χ0n) is 32.2. The van der Waals surface area contributed by atoms with E-state index in [9.17, 15) is 0 Å². The average molecular weight is 784 g/mol. The van der Waals surface area contributed by atoms with Crippen molar-refractivity contribution in [1.29, 1.82) is 0 Å². The zero-order chi connectivity index (χ0) is 39.6. The van der Waals surface area contributed by atoms with Crippen LogP contribution in [0.3, 0.4) is 0 Å². The Labute approximate surface area is 349 Å². The lowest BCUT2D eigenvalue weighted by molar-refractivity contribution is 0.670. The fraction of sp³-hybridized carbons (Fsp3) is 0. The first-order chi connectivity index (χ1) is 29.7. The monoisotopic (exact) mass is 783 g/mol. The van der Waals surface area contributed by atoms with E-state index in [1.165, 1.54) is 20.2 Å². The predicted octanol–water partition coefficient (Wildman–Crippen LogP) is 15.3. The Balaban J connectivity index is 0.939. The van der Waals surface area contributed by atoms with E-state index in [1.807, 2.05) is 47.9 Å². The summed E-state index contributed by atoms with van der Waals surface area (Å²) >= 11 is 1.84. The number of thiophene rings is 1. The molecule has 0 saturated heterocycles. The molecule has 0 amide bonds. The molecule has 0 fully saturated rings. The summed E-state index contributed by atoms with van der Waals surface area (Å²) in [7, 11) is 0. The molecule has 5 heteroatoms. The molecule has 0 N–H and O–H groups in total. The second-order valence-corrected chi connectivity index (χ2v) is 16.2. The number of benzene rings is 8. The molecule has 0 bridgehead atoms. The van der Waals surface area contributed by atoms with E-state index < -0.39 is 0 Å². The van der Waals surface area contributed by atoms with Crippen LogP contribution in [0, 0.1) is 0 Å². The maximum Gasteiger partial charge on any atom is 0.160 e. The molecule has 280 valence electrons. The van der Waals surface area contributed by atoms with Crippen molar-refractivity contribution >= 4 is 64.4 Å². The second-order valence-electron chi connectivity index (χ2n) is 15.1. The van der Waals surface area contributed by atoms with Gasteiger partial charge in [0.05, 0.1) is 16.9 Å². The number of hydrogen-bond acceptors (Lipinski definition) is 5. The summed E-state index contributed by atoms with van der Waals surface area (Å²) in [6.45, 7) is 0. The van der Waals surface area contributed by atoms with Crippen LogP contribution in [0.25, 0.3) is 120 Å². The standard InChI is InChI=1S/C55H33N3OS/c1-2-10-36(11-3-1)48-33-49(58-55(57-48)38-24-20-34(21-25-38)40-30-31-56-47-15-7-4-12-43(40)47)37-22-18-35(19-23-37)41-28-29-42(54-53(41)46-14-5-8-16-50(46)59-54)39-26-27-45-44-13-6-9-17-51(44)60-52(45)32-39/h1-33H. The molecule has 0 atom stereocenters. The quantitative estimate of drug-likeness (QED) is 0.169. The fourth-order valence-corrected chi connectivity index (χ4v) is 9.78. The maximum atomic E-state index is 6.71. The molecule has 0 saturated carbocycles. The number of rotatable bonds is 6. The van der Waals surface area contributed by atoms with Gasteiger partial charge in [0.2, 0.25) is 0 Å². The summed E-state index contributed by atoms with van der Waals surface area (Å²) in [6, 6.07) is 68.3. The van der Waals surface area contributed by atoms with Gasteiger partial charge >= 0.3 is 0 Å². The molecule has 60 heavy (non-hydrogen) atoms. The van der Waals surface area contributed by atoms with Gasteiger partial charge in [-0.15, -0.1) is 11.3 Å². The fourth-order valence-electron chi connectivity index (χ4n) is 8.64. The van der Waals surface area contributed by atoms with E-state index in [1.54, 1.807) is 0 Å². The van der Waals surface area contributed by atoms with E-state index in [2.05, 4.69) is 169 Å². The summed E-state index contributed by atoms with van der Waals surface area (Å²) in [5.41, 5.74) is 14.2. The van der Waals surface area contributed by atoms with Gasteiger partial charge in [0.25, 0.3) is 0 Å². The minimum Gasteiger partial charge on any atom is -0.455 e. The van der Waals surface area contributed by atoms with E-state index in [0.29, 0.717) is 5.82 Å². The van der Waals surface area contributed by atoms with E-state index >= 15 is 0 Å². The van der Waals surface area contributed by atoms with Crippen LogP contribution in [0.5, 0.6) is 0 Å². The van der Waals surface area contributed by atoms with Crippen LogP contribution in [0.2, 0.25) is 0 Å². The van der Waals surface area contributed by atoms with Gasteiger partial charge in [0, 0.05) is 64.8 Å². The number of para-hydroxylation sites is 2. The van der Waals surface area contributed by atoms with Gasteiger partial charge in [-0.25, -0.2) is 9.97 Å². The Morgan fingerprint density at radius 1 is 0.383 bits per heavy atom. The molecule has 12 rings (SSSR count). The largest absolute Gasteiger partial charge is 0.455 e. The molecule has 0 radical (unpaired) electrons. The lowest BCUT2D eigenvalue weighted by atomic mass is 9.93. The summed E-state index contributed by atoms with van der Waals surface area (Å²) < 4.78 is 9.29. The third-order valence-corrected chi connectivity index (χ3v) is 12.7. The molecule has 0 aliphatic heterocycles. The van der Waals surface area contributed by atoms with Gasteiger partial charge in [-0.1, -0.05) is 152 Å². The second kappa shape index (κ2) is 14.0. The van der Waals surface area contributed by atoms with Crippen LogP contribution in [0.4, 0.5) is 0 Å². The first-order valence-corrected chi connectivity index (χ1v) is 20.9. The topological polar surface area (TPSA) is 51.8 Å². The van der Waals surface area contributed by atoms with Gasteiger partial charge in [0.1, 0.15) is 11.2 Å². The van der Waals surface area contributed by atoms with E-state index in [0.717, 1.165) is 94.3 Å². The highest BCUT2D eigenvalue weighted by molar-refractivity contribution is 7.25. The highest BCUT2D eigenvalue weighted by atomic mass is 32.1. The molecule has 4 aromatic heterocycles. The number of nitrogens with zero attached hydrogens (tertiary/aromatic N) is 3. The summed E-state index contributed by atoms with van der Waals surface area (Å²) in [5, 5.41) is 5.94. The van der Waals surface area contributed by atoms with Crippen molar-refractivity contribution < 1.29 is 4.42 Å². The zero-order valence-corrected chi connectivity index (χ0v) is 33.0. The Morgan fingerprint density at radius 3 is 1.80 bits per heavy atom. The van der Waals surface area contributed by atoms with Crippen LogP contribution in [-0.4, -0.2) is 15.0 Å². The van der Waals surface area contributed by atoms with Crippen LogP contribution in [-0.2, 0) is 0 Å². The Bertz CT molecular complexity index is 3580. The molecule has 8 aromatic carbocycles. The Kier molecular flexibility index (Phi) is 8.00. The molecule has 0 spiro atoms. The molecule has 4 heterocycles. The molecule has 12 aromatic rings. The number of hydrogen-bond donors (Lipinski definition) is 0. The third-order valence-electron chi connectivity index (χ3n) is 11.6. The van der Waals surface area contributed by atoms with Gasteiger partial charge < -0.3 is 4.42 Å². The highest BCUT2D eigenvalue weighted by Crippen LogP contribution is 2.44. The van der Waals surface area contributed by atoms with E-state index in [-0.39, 0.29) is 0 Å². The molecule has 0 unspecified atom stereocenters. The number of furan rings is 1. The number of fused-ring (bicyclic) bond motifs is 7. The van der Waals surface area contributed by atoms with Crippen molar-refractivity contribution in [2.45, 2.75) is 0 Å². The lowest BCUT2D eigenvalue weighted by Gasteiger charge is -2.12. The summed E-state index contributed by atoms with van der Waals surface area (Å²) in [6.07, 6.45) is 1.87. The normalized spacial score (nSPS) is 11.7. The van der Waals surface area contributed by atoms with Gasteiger partial charge in [-0.2, -0.15) is 0 Å². The minimum absolute atomic E-state index is 0.678. The van der Waals surface area contributed by atoms with Gasteiger partial charge in [0.15, 0.2) is 5.82 Å². The van der Waals surface area contributed by atoms with E-state index in [4.69, 9.17) is 14.4 Å². The molecular formula is C55H33N3OS. The smallest absolute Gasteiger partial charge is 0.160 e. The van der Waals surface area contributed by atoms with Crippen molar-refractivity contribution in [3.8, 4) is 67.3 Å². The van der Waals surface area contributed by atoms with Crippen LogP contribution in [0.15, 0.2) is 205 Å².